The molecule has 2 aromatic heterocycles. The zero-order chi connectivity index (χ0) is 80.2. The van der Waals surface area contributed by atoms with Gasteiger partial charge in [0.15, 0.2) is 5.96 Å². The molecule has 32 nitrogen and oxygen atoms in total. The van der Waals surface area contributed by atoms with Gasteiger partial charge in [0.25, 0.3) is 0 Å². The summed E-state index contributed by atoms with van der Waals surface area (Å²) in [7, 11) is 0. The Labute approximate surface area is 641 Å². The molecule has 0 aliphatic carbocycles. The number of imidazole rings is 1. The molecule has 11 amide bonds. The van der Waals surface area contributed by atoms with Gasteiger partial charge in [-0.05, 0) is 131 Å². The third-order valence-electron chi connectivity index (χ3n) is 18.3. The highest BCUT2D eigenvalue weighted by Gasteiger charge is 2.38. The topological polar surface area (TPSA) is 541 Å². The Morgan fingerprint density at radius 3 is 1.28 bits per heavy atom. The lowest BCUT2D eigenvalue weighted by Gasteiger charge is -2.29. The summed E-state index contributed by atoms with van der Waals surface area (Å²) in [5.74, 6) is -9.70. The van der Waals surface area contributed by atoms with Crippen molar-refractivity contribution in [1.82, 2.24) is 68.1 Å². The van der Waals surface area contributed by atoms with Crippen LogP contribution in [0.3, 0.4) is 0 Å². The fourth-order valence-corrected chi connectivity index (χ4v) is 12.5. The Balaban J connectivity index is 1.26. The van der Waals surface area contributed by atoms with E-state index in [4.69, 9.17) is 34.4 Å². The average molecular weight is 1520 g/mol. The van der Waals surface area contributed by atoms with E-state index in [1.807, 2.05) is 64.1 Å². The molecule has 110 heavy (non-hydrogen) atoms. The van der Waals surface area contributed by atoms with Crippen LogP contribution in [0.4, 0.5) is 0 Å². The van der Waals surface area contributed by atoms with E-state index in [9.17, 15) is 48.3 Å². The Kier molecular flexibility index (Phi) is 36.5. The number of guanidine groups is 1. The maximum Gasteiger partial charge on any atom is 0.245 e. The minimum atomic E-state index is -1.67. The van der Waals surface area contributed by atoms with Gasteiger partial charge >= 0.3 is 0 Å². The molecule has 0 aliphatic heterocycles. The first-order valence-electron chi connectivity index (χ1n) is 37.5. The maximum atomic E-state index is 15.3. The van der Waals surface area contributed by atoms with Gasteiger partial charge in [-0.15, -0.1) is 0 Å². The maximum absolute atomic E-state index is 15.3. The molecule has 0 unspecified atom stereocenters. The highest BCUT2D eigenvalue weighted by atomic mass is 16.3. The van der Waals surface area contributed by atoms with Crippen LogP contribution in [0.2, 0.25) is 0 Å². The van der Waals surface area contributed by atoms with E-state index in [0.29, 0.717) is 65.5 Å². The third kappa shape index (κ3) is 29.8. The second-order valence-corrected chi connectivity index (χ2v) is 28.5. The van der Waals surface area contributed by atoms with Crippen LogP contribution >= 0.6 is 0 Å². The molecule has 25 N–H and O–H groups in total. The van der Waals surface area contributed by atoms with E-state index in [-0.39, 0.29) is 102 Å². The molecule has 0 spiro atoms. The molecule has 596 valence electrons. The first-order chi connectivity index (χ1) is 52.6. The summed E-state index contributed by atoms with van der Waals surface area (Å²) in [5.41, 5.74) is 38.8. The van der Waals surface area contributed by atoms with Gasteiger partial charge in [-0.1, -0.05) is 137 Å². The Morgan fingerprint density at radius 2 is 0.818 bits per heavy atom. The number of aliphatic hydroxyl groups is 1. The van der Waals surface area contributed by atoms with Crippen molar-refractivity contribution in [3.8, 4) is 0 Å². The van der Waals surface area contributed by atoms with Crippen molar-refractivity contribution in [3.05, 3.63) is 162 Å². The number of amides is 11. The predicted molar refractivity (Wildman–Crippen MR) is 418 cm³/mol. The van der Waals surface area contributed by atoms with E-state index < -0.39 is 138 Å². The lowest BCUT2D eigenvalue weighted by molar-refractivity contribution is -0.137. The van der Waals surface area contributed by atoms with Gasteiger partial charge in [0, 0.05) is 61.2 Å². The molecular formula is C78H112N20O12. The number of unbranched alkanes of at least 4 members (excludes halogenated alkanes) is 2. The van der Waals surface area contributed by atoms with Crippen LogP contribution in [0.5, 0.6) is 0 Å². The molecule has 6 aromatic rings. The molecule has 0 aliphatic rings. The number of carbonyl (C=O) groups is 11. The number of aromatic nitrogens is 3. The number of nitrogens with zero attached hydrogens (tertiary/aromatic N) is 2. The van der Waals surface area contributed by atoms with Gasteiger partial charge in [-0.2, -0.15) is 0 Å². The highest BCUT2D eigenvalue weighted by molar-refractivity contribution is 6.00. The Hall–Kier alpha value is -11.1. The first-order valence-corrected chi connectivity index (χ1v) is 37.5. The summed E-state index contributed by atoms with van der Waals surface area (Å²) in [6.07, 6.45) is 4.56. The molecule has 32 heteroatoms. The van der Waals surface area contributed by atoms with Crippen LogP contribution in [0.1, 0.15) is 127 Å². The van der Waals surface area contributed by atoms with Crippen molar-refractivity contribution in [2.45, 2.75) is 203 Å². The standard InChI is InChI=1S/C78H112N20O12/c1-46(2)36-61(93-74(107)63(40-51-26-13-8-14-27-51)97-77(110)66(48(5)99)98-71(104)58(31-18-20-34-80)89-68(101)55(81)38-49-22-9-6-10-23-49)72(105)90-57(30-17-19-33-79)70(103)95-64(41-52-43-87-56-29-16-15-28-54(52)56)75(108)94-62(37-47(3)4)73(106)96-65(42-53-44-85-45-88-53)76(109)91-59(32-21-35-86-78(83)84)69(102)92-60(67(82)100)39-50-24-11-7-12-25-50/h6-16,22-29,43-48,55,57-66,87,99H,17-21,30-42,79-81H2,1-5H3,(H2,82,100)(H,85,88)(H,89,101)(H,90,105)(H,91,109)(H,92,102)(H,93,107)(H,94,108)(H,95,103)(H,96,106)(H,97,110)(H,98,104)(H4,83,84,86)/t48-,55+,57+,58+,59+,60+,61+,62+,63+,64+,65+,66+/m1/s1. The molecular weight excluding hydrogens is 1410 g/mol. The molecule has 4 aromatic carbocycles. The number of carbonyl (C=O) groups excluding carboxylic acids is 11. The van der Waals surface area contributed by atoms with Gasteiger partial charge in [-0.25, -0.2) is 4.98 Å². The molecule has 12 atom stereocenters. The lowest BCUT2D eigenvalue weighted by atomic mass is 9.99. The number of H-pyrrole nitrogens is 2. The van der Waals surface area contributed by atoms with E-state index in [2.05, 4.69) is 73.1 Å². The minimum Gasteiger partial charge on any atom is -0.391 e. The number of aliphatic hydroxyl groups excluding tert-OH is 1. The zero-order valence-corrected chi connectivity index (χ0v) is 63.3. The quantitative estimate of drug-likeness (QED) is 0.0134. The normalized spacial score (nSPS) is 14.6. The van der Waals surface area contributed by atoms with Crippen molar-refractivity contribution >= 4 is 81.8 Å². The summed E-state index contributed by atoms with van der Waals surface area (Å²) >= 11 is 0. The van der Waals surface area contributed by atoms with Crippen molar-refractivity contribution in [2.24, 2.45) is 51.2 Å². The third-order valence-corrected chi connectivity index (χ3v) is 18.3. The monoisotopic (exact) mass is 1520 g/mol. The summed E-state index contributed by atoms with van der Waals surface area (Å²) in [6, 6.07) is 18.9. The van der Waals surface area contributed by atoms with Crippen LogP contribution in [0.25, 0.3) is 10.9 Å². The second kappa shape index (κ2) is 45.7. The number of nitrogens with one attached hydrogen (secondary N) is 12. The number of fused-ring (bicyclic) bond motifs is 1. The zero-order valence-electron chi connectivity index (χ0n) is 63.3. The highest BCUT2D eigenvalue weighted by Crippen LogP contribution is 2.21. The molecule has 0 saturated carbocycles. The van der Waals surface area contributed by atoms with Gasteiger partial charge in [-0.3, -0.25) is 57.7 Å². The second-order valence-electron chi connectivity index (χ2n) is 28.5. The lowest BCUT2D eigenvalue weighted by Crippen LogP contribution is -2.62. The average Bonchev–Trinajstić information content (AvgIpc) is 1.65. The van der Waals surface area contributed by atoms with E-state index >= 15 is 9.59 Å². The molecule has 6 rings (SSSR count). The van der Waals surface area contributed by atoms with Crippen LogP contribution < -0.4 is 87.6 Å². The van der Waals surface area contributed by atoms with Crippen LogP contribution in [-0.4, -0.2) is 183 Å². The largest absolute Gasteiger partial charge is 0.391 e. The number of aromatic amines is 2. The van der Waals surface area contributed by atoms with Crippen LogP contribution in [0, 0.1) is 11.8 Å². The molecule has 0 fully saturated rings. The van der Waals surface area contributed by atoms with Gasteiger partial charge in [0.1, 0.15) is 60.4 Å². The van der Waals surface area contributed by atoms with Crippen LogP contribution in [0.15, 0.2) is 139 Å². The predicted octanol–water partition coefficient (Wildman–Crippen LogP) is -0.151. The number of nitrogens with two attached hydrogens (primary N) is 6. The van der Waals surface area contributed by atoms with E-state index in [1.165, 1.54) is 19.4 Å². The minimum absolute atomic E-state index is 0.00716. The van der Waals surface area contributed by atoms with Crippen molar-refractivity contribution < 1.29 is 57.8 Å². The summed E-state index contributed by atoms with van der Waals surface area (Å²) in [5, 5.41) is 39.4. The molecule has 0 radical (unpaired) electrons. The number of hydrogen-bond acceptors (Lipinski definition) is 17. The SMILES string of the molecule is CC(C)C[C@H](NC(=O)[C@H](Cc1c[nH]c2ccccc12)NC(=O)[C@H](CCCCN)NC(=O)[C@H](CC(C)C)NC(=O)[C@H](Cc1ccccc1)NC(=O)[C@@H](NC(=O)[C@H](CCCCN)NC(=O)[C@@H](N)Cc1ccccc1)[C@@H](C)O)C(=O)N[C@@H](Cc1cnc[nH]1)C(=O)N[C@@H](CCCN=C(N)N)C(=O)N[C@@H](Cc1ccccc1)C(N)=O. The number of hydrogen-bond donors (Lipinski definition) is 19. The van der Waals surface area contributed by atoms with Gasteiger partial charge < -0.3 is 103 Å². The number of benzene rings is 4. The Morgan fingerprint density at radius 1 is 0.427 bits per heavy atom. The number of primary amides is 1. The Bertz CT molecular complexity index is 3950. The summed E-state index contributed by atoms with van der Waals surface area (Å²) in [6.45, 7) is 9.10. The molecule has 0 bridgehead atoms. The van der Waals surface area contributed by atoms with Crippen molar-refractivity contribution in [1.29, 1.82) is 0 Å². The number of rotatable bonds is 48. The fourth-order valence-electron chi connectivity index (χ4n) is 12.5. The summed E-state index contributed by atoms with van der Waals surface area (Å²) in [4.78, 5) is 173. The number of aliphatic imine (C=N–C) groups is 1. The molecule has 2 heterocycles. The van der Waals surface area contributed by atoms with E-state index in [0.717, 1.165) is 5.56 Å². The van der Waals surface area contributed by atoms with Gasteiger partial charge in [0.05, 0.1) is 18.5 Å². The van der Waals surface area contributed by atoms with Gasteiger partial charge in [0.2, 0.25) is 65.0 Å². The van der Waals surface area contributed by atoms with E-state index in [1.54, 1.807) is 85.1 Å². The summed E-state index contributed by atoms with van der Waals surface area (Å²) < 4.78 is 0. The number of para-hydroxylation sites is 1. The smallest absolute Gasteiger partial charge is 0.245 e. The van der Waals surface area contributed by atoms with Crippen molar-refractivity contribution in [3.63, 3.8) is 0 Å². The first kappa shape index (κ1) is 87.8. The van der Waals surface area contributed by atoms with Crippen LogP contribution in [-0.2, 0) is 84.8 Å². The fraction of sp³-hybridized carbons (Fsp3) is 0.474. The molecule has 0 saturated heterocycles. The van der Waals surface area contributed by atoms with Crippen molar-refractivity contribution in [2.75, 3.05) is 19.6 Å².